The van der Waals surface area contributed by atoms with E-state index in [1.807, 2.05) is 6.07 Å². The van der Waals surface area contributed by atoms with Gasteiger partial charge >= 0.3 is 0 Å². The van der Waals surface area contributed by atoms with E-state index in [2.05, 4.69) is 11.4 Å². The Hall–Kier alpha value is -0.930. The fraction of sp³-hybridized carbons (Fsp3) is 0.647. The SMILES string of the molecule is COCCNCC(c1cccc(F)c1)C1CCCCC1. The van der Waals surface area contributed by atoms with Crippen LogP contribution in [-0.4, -0.2) is 26.8 Å². The third-order valence-electron chi connectivity index (χ3n) is 4.34. The molecule has 1 aliphatic rings. The van der Waals surface area contributed by atoms with Gasteiger partial charge in [0, 0.05) is 20.2 Å². The normalized spacial score (nSPS) is 18.1. The van der Waals surface area contributed by atoms with Crippen LogP contribution in [0.15, 0.2) is 24.3 Å². The Morgan fingerprint density at radius 1 is 1.30 bits per heavy atom. The Labute approximate surface area is 121 Å². The van der Waals surface area contributed by atoms with Crippen molar-refractivity contribution >= 4 is 0 Å². The van der Waals surface area contributed by atoms with E-state index in [9.17, 15) is 4.39 Å². The van der Waals surface area contributed by atoms with E-state index in [1.54, 1.807) is 13.2 Å². The van der Waals surface area contributed by atoms with Crippen LogP contribution in [0.5, 0.6) is 0 Å². The molecule has 1 atom stereocenters. The second kappa shape index (κ2) is 8.38. The third kappa shape index (κ3) is 4.57. The second-order valence-corrected chi connectivity index (χ2v) is 5.76. The standard InChI is InChI=1S/C17H26FNO/c1-20-11-10-19-13-17(14-6-3-2-4-7-14)15-8-5-9-16(18)12-15/h5,8-9,12,14,17,19H,2-4,6-7,10-11,13H2,1H3. The highest BCUT2D eigenvalue weighted by molar-refractivity contribution is 5.22. The van der Waals surface area contributed by atoms with E-state index in [0.29, 0.717) is 11.8 Å². The summed E-state index contributed by atoms with van der Waals surface area (Å²) in [5, 5.41) is 3.45. The van der Waals surface area contributed by atoms with Crippen LogP contribution in [0, 0.1) is 11.7 Å². The first kappa shape index (κ1) is 15.5. The molecule has 0 bridgehead atoms. The summed E-state index contributed by atoms with van der Waals surface area (Å²) < 4.78 is 18.6. The number of hydrogen-bond donors (Lipinski definition) is 1. The number of methoxy groups -OCH3 is 1. The zero-order valence-corrected chi connectivity index (χ0v) is 12.4. The number of hydrogen-bond acceptors (Lipinski definition) is 2. The Balaban J connectivity index is 2.02. The number of ether oxygens (including phenoxy) is 1. The van der Waals surface area contributed by atoms with Crippen LogP contribution in [0.3, 0.4) is 0 Å². The van der Waals surface area contributed by atoms with E-state index in [4.69, 9.17) is 4.74 Å². The molecule has 1 aromatic carbocycles. The quantitative estimate of drug-likeness (QED) is 0.768. The molecular formula is C17H26FNO. The highest BCUT2D eigenvalue weighted by Gasteiger charge is 2.24. The van der Waals surface area contributed by atoms with E-state index < -0.39 is 0 Å². The summed E-state index contributed by atoms with van der Waals surface area (Å²) in [6.45, 7) is 2.49. The molecule has 3 heteroatoms. The lowest BCUT2D eigenvalue weighted by Crippen LogP contribution is -2.30. The number of rotatable bonds is 7. The first-order valence-corrected chi connectivity index (χ1v) is 7.76. The molecule has 0 saturated heterocycles. The smallest absolute Gasteiger partial charge is 0.123 e. The summed E-state index contributed by atoms with van der Waals surface area (Å²) in [5.74, 6) is 0.976. The molecule has 0 aromatic heterocycles. The zero-order valence-electron chi connectivity index (χ0n) is 12.4. The Morgan fingerprint density at radius 2 is 2.10 bits per heavy atom. The maximum absolute atomic E-state index is 13.5. The van der Waals surface area contributed by atoms with Crippen LogP contribution in [-0.2, 0) is 4.74 Å². The molecule has 0 heterocycles. The fourth-order valence-corrected chi connectivity index (χ4v) is 3.26. The van der Waals surface area contributed by atoms with Gasteiger partial charge in [-0.25, -0.2) is 4.39 Å². The Bertz CT molecular complexity index is 390. The summed E-state index contributed by atoms with van der Waals surface area (Å²) in [4.78, 5) is 0. The molecule has 0 amide bonds. The van der Waals surface area contributed by atoms with E-state index in [1.165, 1.54) is 38.2 Å². The van der Waals surface area contributed by atoms with Crippen molar-refractivity contribution in [2.24, 2.45) is 5.92 Å². The van der Waals surface area contributed by atoms with E-state index in [-0.39, 0.29) is 5.82 Å². The molecule has 112 valence electrons. The predicted molar refractivity (Wildman–Crippen MR) is 80.5 cm³/mol. The highest BCUT2D eigenvalue weighted by Crippen LogP contribution is 2.35. The first-order valence-electron chi connectivity index (χ1n) is 7.76. The maximum Gasteiger partial charge on any atom is 0.123 e. The van der Waals surface area contributed by atoms with Gasteiger partial charge < -0.3 is 10.1 Å². The van der Waals surface area contributed by atoms with E-state index >= 15 is 0 Å². The van der Waals surface area contributed by atoms with Crippen molar-refractivity contribution in [1.82, 2.24) is 5.32 Å². The van der Waals surface area contributed by atoms with Crippen molar-refractivity contribution in [3.63, 3.8) is 0 Å². The van der Waals surface area contributed by atoms with Gasteiger partial charge in [-0.3, -0.25) is 0 Å². The molecule has 20 heavy (non-hydrogen) atoms. The van der Waals surface area contributed by atoms with Crippen LogP contribution < -0.4 is 5.32 Å². The summed E-state index contributed by atoms with van der Waals surface area (Å²) in [5.41, 5.74) is 1.14. The summed E-state index contributed by atoms with van der Waals surface area (Å²) in [7, 11) is 1.72. The molecule has 1 aromatic rings. The van der Waals surface area contributed by atoms with Crippen molar-refractivity contribution in [3.8, 4) is 0 Å². The molecule has 0 radical (unpaired) electrons. The molecular weight excluding hydrogens is 253 g/mol. The average Bonchev–Trinajstić information content (AvgIpc) is 2.48. The van der Waals surface area contributed by atoms with Gasteiger partial charge in [-0.05, 0) is 42.4 Å². The van der Waals surface area contributed by atoms with Crippen molar-refractivity contribution in [2.75, 3.05) is 26.8 Å². The van der Waals surface area contributed by atoms with Crippen molar-refractivity contribution in [2.45, 2.75) is 38.0 Å². The summed E-state index contributed by atoms with van der Waals surface area (Å²) in [6, 6.07) is 7.13. The first-order chi connectivity index (χ1) is 9.81. The minimum atomic E-state index is -0.125. The van der Waals surface area contributed by atoms with Gasteiger partial charge in [0.2, 0.25) is 0 Å². The van der Waals surface area contributed by atoms with Crippen LogP contribution >= 0.6 is 0 Å². The molecule has 0 spiro atoms. The topological polar surface area (TPSA) is 21.3 Å². The average molecular weight is 279 g/mol. The minimum absolute atomic E-state index is 0.125. The van der Waals surface area contributed by atoms with Crippen LogP contribution in [0.2, 0.25) is 0 Å². The van der Waals surface area contributed by atoms with Crippen molar-refractivity contribution < 1.29 is 9.13 Å². The number of halogens is 1. The lowest BCUT2D eigenvalue weighted by molar-refractivity contribution is 0.196. The van der Waals surface area contributed by atoms with Crippen molar-refractivity contribution in [3.05, 3.63) is 35.6 Å². The van der Waals surface area contributed by atoms with Gasteiger partial charge in [-0.1, -0.05) is 31.4 Å². The largest absolute Gasteiger partial charge is 0.383 e. The molecule has 0 aliphatic heterocycles. The highest BCUT2D eigenvalue weighted by atomic mass is 19.1. The van der Waals surface area contributed by atoms with Gasteiger partial charge in [0.15, 0.2) is 0 Å². The maximum atomic E-state index is 13.5. The van der Waals surface area contributed by atoms with Crippen molar-refractivity contribution in [1.29, 1.82) is 0 Å². The second-order valence-electron chi connectivity index (χ2n) is 5.76. The molecule has 2 nitrogen and oxygen atoms in total. The van der Waals surface area contributed by atoms with Crippen LogP contribution in [0.25, 0.3) is 0 Å². The summed E-state index contributed by atoms with van der Waals surface area (Å²) >= 11 is 0. The molecule has 1 aliphatic carbocycles. The molecule has 1 N–H and O–H groups in total. The van der Waals surface area contributed by atoms with Gasteiger partial charge in [-0.2, -0.15) is 0 Å². The fourth-order valence-electron chi connectivity index (χ4n) is 3.26. The van der Waals surface area contributed by atoms with Gasteiger partial charge in [0.1, 0.15) is 5.82 Å². The molecule has 2 rings (SSSR count). The van der Waals surface area contributed by atoms with Crippen LogP contribution in [0.4, 0.5) is 4.39 Å². The third-order valence-corrected chi connectivity index (χ3v) is 4.34. The van der Waals surface area contributed by atoms with E-state index in [0.717, 1.165) is 25.3 Å². The van der Waals surface area contributed by atoms with Crippen LogP contribution in [0.1, 0.15) is 43.6 Å². The Morgan fingerprint density at radius 3 is 2.80 bits per heavy atom. The number of benzene rings is 1. The predicted octanol–water partition coefficient (Wildman–Crippen LogP) is 3.73. The molecule has 1 saturated carbocycles. The van der Waals surface area contributed by atoms with Gasteiger partial charge in [0.05, 0.1) is 6.61 Å². The molecule has 1 fully saturated rings. The number of nitrogens with one attached hydrogen (secondary N) is 1. The molecule has 1 unspecified atom stereocenters. The monoisotopic (exact) mass is 279 g/mol. The summed E-state index contributed by atoms with van der Waals surface area (Å²) in [6.07, 6.45) is 6.52. The minimum Gasteiger partial charge on any atom is -0.383 e. The lowest BCUT2D eigenvalue weighted by atomic mass is 9.76. The van der Waals surface area contributed by atoms with Gasteiger partial charge in [0.25, 0.3) is 0 Å². The zero-order chi connectivity index (χ0) is 14.2. The van der Waals surface area contributed by atoms with Gasteiger partial charge in [-0.15, -0.1) is 0 Å². The Kier molecular flexibility index (Phi) is 6.48. The lowest BCUT2D eigenvalue weighted by Gasteiger charge is -2.31.